The van der Waals surface area contributed by atoms with Gasteiger partial charge in [0.15, 0.2) is 0 Å². The lowest BCUT2D eigenvalue weighted by molar-refractivity contribution is -0.137. The number of amides is 2. The van der Waals surface area contributed by atoms with Gasteiger partial charge in [0.05, 0.1) is 0 Å². The summed E-state index contributed by atoms with van der Waals surface area (Å²) < 4.78 is 26.4. The molecule has 0 spiro atoms. The highest BCUT2D eigenvalue weighted by Crippen LogP contribution is 2.18. The summed E-state index contributed by atoms with van der Waals surface area (Å²) in [5, 5.41) is 6.06. The molecule has 0 saturated carbocycles. The molecule has 1 fully saturated rings. The van der Waals surface area contributed by atoms with Gasteiger partial charge in [-0.05, 0) is 55.5 Å². The van der Waals surface area contributed by atoms with Gasteiger partial charge in [0, 0.05) is 32.1 Å². The Labute approximate surface area is 181 Å². The van der Waals surface area contributed by atoms with Crippen molar-refractivity contribution in [3.63, 3.8) is 0 Å². The molecular formula is C24H29F2N3O2. The van der Waals surface area contributed by atoms with Crippen molar-refractivity contribution >= 4 is 11.8 Å². The SMILES string of the molecule is O=C(NCCCNCc1cc(F)cc(F)c1)[C@H](CCc1ccccc1)N1CCCC1=O. The summed E-state index contributed by atoms with van der Waals surface area (Å²) in [5.41, 5.74) is 1.68. The number of hydrogen-bond acceptors (Lipinski definition) is 3. The Morgan fingerprint density at radius 3 is 2.45 bits per heavy atom. The second-order valence-electron chi connectivity index (χ2n) is 7.83. The normalized spacial score (nSPS) is 14.6. The summed E-state index contributed by atoms with van der Waals surface area (Å²) >= 11 is 0. The highest BCUT2D eigenvalue weighted by Gasteiger charge is 2.32. The number of halogens is 2. The zero-order valence-corrected chi connectivity index (χ0v) is 17.6. The fraction of sp³-hybridized carbons (Fsp3) is 0.417. The van der Waals surface area contributed by atoms with Crippen molar-refractivity contribution in [2.24, 2.45) is 0 Å². The number of rotatable bonds is 11. The Bertz CT molecular complexity index is 856. The van der Waals surface area contributed by atoms with Gasteiger partial charge in [-0.1, -0.05) is 30.3 Å². The van der Waals surface area contributed by atoms with Gasteiger partial charge in [-0.3, -0.25) is 9.59 Å². The molecule has 5 nitrogen and oxygen atoms in total. The van der Waals surface area contributed by atoms with Crippen molar-refractivity contribution in [2.45, 2.75) is 44.7 Å². The maximum absolute atomic E-state index is 13.2. The number of nitrogens with one attached hydrogen (secondary N) is 2. The van der Waals surface area contributed by atoms with E-state index in [1.807, 2.05) is 30.3 Å². The van der Waals surface area contributed by atoms with Crippen LogP contribution in [0, 0.1) is 11.6 Å². The Kier molecular flexibility index (Phi) is 8.53. The van der Waals surface area contributed by atoms with Crippen molar-refractivity contribution in [1.29, 1.82) is 0 Å². The number of carbonyl (C=O) groups is 2. The third-order valence-electron chi connectivity index (χ3n) is 5.42. The summed E-state index contributed by atoms with van der Waals surface area (Å²) in [6.07, 6.45) is 3.28. The van der Waals surface area contributed by atoms with E-state index in [1.54, 1.807) is 4.90 Å². The molecule has 0 aromatic heterocycles. The van der Waals surface area contributed by atoms with Crippen molar-refractivity contribution in [2.75, 3.05) is 19.6 Å². The lowest BCUT2D eigenvalue weighted by Crippen LogP contribution is -2.48. The van der Waals surface area contributed by atoms with Crippen LogP contribution in [0.5, 0.6) is 0 Å². The first-order valence-electron chi connectivity index (χ1n) is 10.8. The van der Waals surface area contributed by atoms with E-state index in [4.69, 9.17) is 0 Å². The van der Waals surface area contributed by atoms with Crippen LogP contribution in [0.2, 0.25) is 0 Å². The first kappa shape index (κ1) is 22.9. The molecule has 0 bridgehead atoms. The molecule has 1 aliphatic heterocycles. The molecule has 1 heterocycles. The van der Waals surface area contributed by atoms with Crippen LogP contribution in [0.15, 0.2) is 48.5 Å². The fourth-order valence-electron chi connectivity index (χ4n) is 3.86. The molecule has 0 unspecified atom stereocenters. The molecule has 1 saturated heterocycles. The molecule has 31 heavy (non-hydrogen) atoms. The van der Waals surface area contributed by atoms with Crippen LogP contribution in [-0.2, 0) is 22.6 Å². The third-order valence-corrected chi connectivity index (χ3v) is 5.42. The minimum Gasteiger partial charge on any atom is -0.354 e. The van der Waals surface area contributed by atoms with E-state index >= 15 is 0 Å². The lowest BCUT2D eigenvalue weighted by Gasteiger charge is -2.27. The molecule has 2 N–H and O–H groups in total. The highest BCUT2D eigenvalue weighted by atomic mass is 19.1. The van der Waals surface area contributed by atoms with Crippen molar-refractivity contribution < 1.29 is 18.4 Å². The molecule has 166 valence electrons. The molecule has 1 aliphatic rings. The molecule has 0 aliphatic carbocycles. The van der Waals surface area contributed by atoms with Crippen LogP contribution in [0.25, 0.3) is 0 Å². The van der Waals surface area contributed by atoms with E-state index < -0.39 is 17.7 Å². The van der Waals surface area contributed by atoms with Gasteiger partial charge in [-0.15, -0.1) is 0 Å². The summed E-state index contributed by atoms with van der Waals surface area (Å²) in [6, 6.07) is 12.9. The minimum atomic E-state index is -0.595. The van der Waals surface area contributed by atoms with Gasteiger partial charge < -0.3 is 15.5 Å². The van der Waals surface area contributed by atoms with Gasteiger partial charge in [-0.25, -0.2) is 8.78 Å². The minimum absolute atomic E-state index is 0.0391. The van der Waals surface area contributed by atoms with Gasteiger partial charge in [-0.2, -0.15) is 0 Å². The lowest BCUT2D eigenvalue weighted by atomic mass is 10.0. The largest absolute Gasteiger partial charge is 0.354 e. The van der Waals surface area contributed by atoms with Crippen molar-refractivity contribution in [1.82, 2.24) is 15.5 Å². The highest BCUT2D eigenvalue weighted by molar-refractivity contribution is 5.88. The van der Waals surface area contributed by atoms with Crippen LogP contribution in [0.1, 0.15) is 36.8 Å². The zero-order chi connectivity index (χ0) is 22.1. The van der Waals surface area contributed by atoms with Gasteiger partial charge in [0.2, 0.25) is 11.8 Å². The first-order chi connectivity index (χ1) is 15.0. The topological polar surface area (TPSA) is 61.4 Å². The van der Waals surface area contributed by atoms with Crippen LogP contribution < -0.4 is 10.6 Å². The summed E-state index contributed by atoms with van der Waals surface area (Å²) in [4.78, 5) is 26.7. The quantitative estimate of drug-likeness (QED) is 0.540. The second kappa shape index (κ2) is 11.6. The van der Waals surface area contributed by atoms with Crippen molar-refractivity contribution in [3.8, 4) is 0 Å². The van der Waals surface area contributed by atoms with E-state index in [9.17, 15) is 18.4 Å². The third kappa shape index (κ3) is 7.14. The summed E-state index contributed by atoms with van der Waals surface area (Å²) in [5.74, 6) is -1.28. The van der Waals surface area contributed by atoms with Crippen LogP contribution >= 0.6 is 0 Å². The van der Waals surface area contributed by atoms with E-state index in [1.165, 1.54) is 12.1 Å². The average molecular weight is 430 g/mol. The van der Waals surface area contributed by atoms with Gasteiger partial charge >= 0.3 is 0 Å². The molecule has 1 atom stereocenters. The number of hydrogen-bond donors (Lipinski definition) is 2. The number of aryl methyl sites for hydroxylation is 1. The van der Waals surface area contributed by atoms with Crippen LogP contribution in [0.3, 0.4) is 0 Å². The van der Waals surface area contributed by atoms with Crippen molar-refractivity contribution in [3.05, 3.63) is 71.3 Å². The second-order valence-corrected chi connectivity index (χ2v) is 7.83. The molecule has 7 heteroatoms. The zero-order valence-electron chi connectivity index (χ0n) is 17.6. The molecule has 3 rings (SSSR count). The summed E-state index contributed by atoms with van der Waals surface area (Å²) in [7, 11) is 0. The maximum atomic E-state index is 13.2. The Hall–Kier alpha value is -2.80. The first-order valence-corrected chi connectivity index (χ1v) is 10.8. The molecule has 2 amide bonds. The molecule has 2 aromatic rings. The number of carbonyl (C=O) groups excluding carboxylic acids is 2. The smallest absolute Gasteiger partial charge is 0.242 e. The molecule has 2 aromatic carbocycles. The molecular weight excluding hydrogens is 400 g/mol. The monoisotopic (exact) mass is 429 g/mol. The summed E-state index contributed by atoms with van der Waals surface area (Å²) in [6.45, 7) is 2.03. The Balaban J connectivity index is 1.43. The van der Waals surface area contributed by atoms with E-state index in [0.717, 1.165) is 24.5 Å². The average Bonchev–Trinajstić information content (AvgIpc) is 3.16. The van der Waals surface area contributed by atoms with E-state index in [0.29, 0.717) is 51.0 Å². The van der Waals surface area contributed by atoms with E-state index in [-0.39, 0.29) is 11.8 Å². The number of likely N-dealkylation sites (tertiary alicyclic amines) is 1. The predicted molar refractivity (Wildman–Crippen MR) is 115 cm³/mol. The fourth-order valence-corrected chi connectivity index (χ4v) is 3.86. The maximum Gasteiger partial charge on any atom is 0.242 e. The van der Waals surface area contributed by atoms with Gasteiger partial charge in [0.25, 0.3) is 0 Å². The standard InChI is InChI=1S/C24H29F2N3O2/c25-20-14-19(15-21(26)16-20)17-27-11-5-12-28-24(31)22(29-13-4-8-23(29)30)10-9-18-6-2-1-3-7-18/h1-3,6-7,14-16,22,27H,4-5,8-13,17H2,(H,28,31)/t22-/m0/s1. The van der Waals surface area contributed by atoms with Gasteiger partial charge in [0.1, 0.15) is 17.7 Å². The number of benzene rings is 2. The van der Waals surface area contributed by atoms with Crippen LogP contribution in [-0.4, -0.2) is 42.4 Å². The Morgan fingerprint density at radius 1 is 1.03 bits per heavy atom. The van der Waals surface area contributed by atoms with Crippen LogP contribution in [0.4, 0.5) is 8.78 Å². The molecule has 0 radical (unpaired) electrons. The Morgan fingerprint density at radius 2 is 1.77 bits per heavy atom. The van der Waals surface area contributed by atoms with E-state index in [2.05, 4.69) is 10.6 Å². The predicted octanol–water partition coefficient (Wildman–Crippen LogP) is 3.18. The number of nitrogens with zero attached hydrogens (tertiary/aromatic N) is 1.